The van der Waals surface area contributed by atoms with E-state index in [9.17, 15) is 9.90 Å². The molecule has 1 N–H and O–H groups in total. The van der Waals surface area contributed by atoms with Gasteiger partial charge >= 0.3 is 0 Å². The molecule has 0 spiro atoms. The number of aliphatic hydroxyl groups is 1. The Kier molecular flexibility index (Phi) is 6.13. The summed E-state index contributed by atoms with van der Waals surface area (Å²) >= 11 is 0. The lowest BCUT2D eigenvalue weighted by Gasteiger charge is -2.38. The van der Waals surface area contributed by atoms with Crippen molar-refractivity contribution in [3.8, 4) is 0 Å². The molecule has 0 unspecified atom stereocenters. The second-order valence-corrected chi connectivity index (χ2v) is 12.3. The highest BCUT2D eigenvalue weighted by atomic mass is 28.4. The van der Waals surface area contributed by atoms with Crippen LogP contribution in [-0.2, 0) is 9.22 Å². The van der Waals surface area contributed by atoms with Gasteiger partial charge in [0.05, 0.1) is 6.10 Å². The van der Waals surface area contributed by atoms with Crippen LogP contribution in [0.25, 0.3) is 0 Å². The highest BCUT2D eigenvalue weighted by Crippen LogP contribution is 2.38. The zero-order valence-electron chi connectivity index (χ0n) is 14.9. The highest BCUT2D eigenvalue weighted by Gasteiger charge is 2.40. The molecule has 0 aliphatic heterocycles. The molecule has 3 atom stereocenters. The first-order valence-corrected chi connectivity index (χ1v) is 10.8. The number of benzene rings is 1. The maximum atomic E-state index is 12.6. The number of hydrogen-bond acceptors (Lipinski definition) is 3. The lowest BCUT2D eigenvalue weighted by Crippen LogP contribution is -2.46. The minimum absolute atomic E-state index is 0.0406. The van der Waals surface area contributed by atoms with Crippen LogP contribution in [0, 0.1) is 5.92 Å². The largest absolute Gasteiger partial charge is 0.407 e. The molecule has 22 heavy (non-hydrogen) atoms. The first-order chi connectivity index (χ1) is 9.97. The predicted molar refractivity (Wildman–Crippen MR) is 93.3 cm³/mol. The van der Waals surface area contributed by atoms with Crippen molar-refractivity contribution in [2.45, 2.75) is 65.0 Å². The van der Waals surface area contributed by atoms with E-state index in [1.165, 1.54) is 0 Å². The maximum absolute atomic E-state index is 12.6. The topological polar surface area (TPSA) is 46.5 Å². The Hall–Kier alpha value is -0.973. The van der Waals surface area contributed by atoms with Crippen molar-refractivity contribution in [2.75, 3.05) is 0 Å². The first-order valence-electron chi connectivity index (χ1n) is 7.92. The van der Waals surface area contributed by atoms with Gasteiger partial charge in [0.15, 0.2) is 14.1 Å². The van der Waals surface area contributed by atoms with E-state index in [1.54, 1.807) is 13.8 Å². The van der Waals surface area contributed by atoms with Crippen molar-refractivity contribution in [1.82, 2.24) is 0 Å². The Morgan fingerprint density at radius 2 is 1.64 bits per heavy atom. The second kappa shape index (κ2) is 7.07. The molecule has 1 aromatic rings. The van der Waals surface area contributed by atoms with E-state index in [2.05, 4.69) is 33.9 Å². The number of carbonyl (C=O) groups is 1. The van der Waals surface area contributed by atoms with Crippen LogP contribution in [-0.4, -0.2) is 25.3 Å². The van der Waals surface area contributed by atoms with Gasteiger partial charge in [0, 0.05) is 5.92 Å². The summed E-state index contributed by atoms with van der Waals surface area (Å²) in [6.45, 7) is 14.3. The number of aliphatic hydroxyl groups excluding tert-OH is 1. The fourth-order valence-electron chi connectivity index (χ4n) is 2.14. The molecular weight excluding hydrogens is 292 g/mol. The molecule has 3 nitrogen and oxygen atoms in total. The van der Waals surface area contributed by atoms with Crippen molar-refractivity contribution >= 4 is 14.1 Å². The summed E-state index contributed by atoms with van der Waals surface area (Å²) in [5.41, 5.74) is 0.767. The van der Waals surface area contributed by atoms with Gasteiger partial charge in [-0.3, -0.25) is 4.79 Å². The summed E-state index contributed by atoms with van der Waals surface area (Å²) in [7, 11) is -1.99. The molecule has 1 aromatic carbocycles. The summed E-state index contributed by atoms with van der Waals surface area (Å²) in [6, 6.07) is 9.31. The summed E-state index contributed by atoms with van der Waals surface area (Å²) < 4.78 is 6.15. The van der Waals surface area contributed by atoms with Gasteiger partial charge < -0.3 is 9.53 Å². The average Bonchev–Trinajstić information content (AvgIpc) is 2.44. The SMILES string of the molecule is C[C@H](O[Si](C)(C)C(C)(C)C)C(=O)[C@H](C)[C@@H](O)c1ccccc1. The van der Waals surface area contributed by atoms with Gasteiger partial charge in [-0.25, -0.2) is 0 Å². The molecule has 0 aromatic heterocycles. The fraction of sp³-hybridized carbons (Fsp3) is 0.611. The quantitative estimate of drug-likeness (QED) is 0.793. The Labute approximate surface area is 135 Å². The highest BCUT2D eigenvalue weighted by molar-refractivity contribution is 6.74. The number of hydrogen-bond donors (Lipinski definition) is 1. The summed E-state index contributed by atoms with van der Waals surface area (Å²) in [6.07, 6.45) is -1.28. The van der Waals surface area contributed by atoms with Gasteiger partial charge in [0.1, 0.15) is 6.10 Å². The molecule has 0 radical (unpaired) electrons. The van der Waals surface area contributed by atoms with Crippen molar-refractivity contribution in [1.29, 1.82) is 0 Å². The van der Waals surface area contributed by atoms with E-state index in [1.807, 2.05) is 30.3 Å². The molecule has 0 amide bonds. The molecular formula is C18H30O3Si. The monoisotopic (exact) mass is 322 g/mol. The Balaban J connectivity index is 2.78. The van der Waals surface area contributed by atoms with Crippen LogP contribution in [0.5, 0.6) is 0 Å². The third-order valence-electron chi connectivity index (χ3n) is 4.74. The number of Topliss-reactive ketones (excluding diaryl/α,β-unsaturated/α-hetero) is 1. The normalized spacial score (nSPS) is 16.9. The van der Waals surface area contributed by atoms with Gasteiger partial charge in [-0.05, 0) is 30.6 Å². The molecule has 0 saturated heterocycles. The van der Waals surface area contributed by atoms with Crippen molar-refractivity contribution in [3.05, 3.63) is 35.9 Å². The molecule has 0 aliphatic carbocycles. The summed E-state index contributed by atoms with van der Waals surface area (Å²) in [5, 5.41) is 10.5. The molecule has 4 heteroatoms. The van der Waals surface area contributed by atoms with E-state index < -0.39 is 26.4 Å². The third-order valence-corrected chi connectivity index (χ3v) is 9.30. The number of carbonyl (C=O) groups excluding carboxylic acids is 1. The lowest BCUT2D eigenvalue weighted by molar-refractivity contribution is -0.132. The van der Waals surface area contributed by atoms with Crippen LogP contribution in [0.2, 0.25) is 18.1 Å². The fourth-order valence-corrected chi connectivity index (χ4v) is 3.50. The lowest BCUT2D eigenvalue weighted by atomic mass is 9.92. The van der Waals surface area contributed by atoms with Crippen LogP contribution in [0.4, 0.5) is 0 Å². The Morgan fingerprint density at radius 1 is 1.14 bits per heavy atom. The van der Waals surface area contributed by atoms with E-state index >= 15 is 0 Å². The molecule has 0 heterocycles. The van der Waals surface area contributed by atoms with Gasteiger partial charge in [0.25, 0.3) is 0 Å². The van der Waals surface area contributed by atoms with Gasteiger partial charge in [-0.15, -0.1) is 0 Å². The van der Waals surface area contributed by atoms with Crippen LogP contribution in [0.1, 0.15) is 46.3 Å². The smallest absolute Gasteiger partial charge is 0.193 e. The third kappa shape index (κ3) is 4.51. The average molecular weight is 323 g/mol. The van der Waals surface area contributed by atoms with E-state index in [4.69, 9.17) is 4.43 Å². The van der Waals surface area contributed by atoms with Gasteiger partial charge in [-0.2, -0.15) is 0 Å². The van der Waals surface area contributed by atoms with Crippen molar-refractivity contribution in [3.63, 3.8) is 0 Å². The Morgan fingerprint density at radius 3 is 2.09 bits per heavy atom. The summed E-state index contributed by atoms with van der Waals surface area (Å²) in [4.78, 5) is 12.6. The summed E-state index contributed by atoms with van der Waals surface area (Å²) in [5.74, 6) is -0.525. The van der Waals surface area contributed by atoms with E-state index in [0.29, 0.717) is 0 Å². The van der Waals surface area contributed by atoms with Crippen molar-refractivity contribution in [2.24, 2.45) is 5.92 Å². The molecule has 0 aliphatic rings. The van der Waals surface area contributed by atoms with Crippen LogP contribution >= 0.6 is 0 Å². The number of ketones is 1. The maximum Gasteiger partial charge on any atom is 0.193 e. The standard InChI is InChI=1S/C18H30O3Si/c1-13(17(20)15-11-9-8-10-12-15)16(19)14(2)21-22(6,7)18(3,4)5/h8-14,17,20H,1-7H3/t13-,14-,17+/m0/s1. The van der Waals surface area contributed by atoms with Crippen molar-refractivity contribution < 1.29 is 14.3 Å². The predicted octanol–water partition coefficient (Wildman–Crippen LogP) is 4.34. The van der Waals surface area contributed by atoms with Gasteiger partial charge in [0.2, 0.25) is 0 Å². The van der Waals surface area contributed by atoms with E-state index in [0.717, 1.165) is 5.56 Å². The molecule has 124 valence electrons. The minimum Gasteiger partial charge on any atom is -0.407 e. The van der Waals surface area contributed by atoms with E-state index in [-0.39, 0.29) is 10.8 Å². The zero-order chi connectivity index (χ0) is 17.1. The first kappa shape index (κ1) is 19.1. The number of rotatable bonds is 6. The Bertz CT molecular complexity index is 491. The molecule has 0 fully saturated rings. The van der Waals surface area contributed by atoms with Crippen LogP contribution in [0.15, 0.2) is 30.3 Å². The zero-order valence-corrected chi connectivity index (χ0v) is 15.9. The van der Waals surface area contributed by atoms with Gasteiger partial charge in [-0.1, -0.05) is 58.0 Å². The molecule has 1 rings (SSSR count). The minimum atomic E-state index is -1.99. The molecule has 0 saturated carbocycles. The molecule has 0 bridgehead atoms. The second-order valence-electron chi connectivity index (χ2n) is 7.57. The van der Waals surface area contributed by atoms with Crippen LogP contribution < -0.4 is 0 Å². The van der Waals surface area contributed by atoms with Crippen LogP contribution in [0.3, 0.4) is 0 Å².